The zero-order chi connectivity index (χ0) is 30.3. The second-order valence-corrected chi connectivity index (χ2v) is 11.7. The van der Waals surface area contributed by atoms with Crippen LogP contribution in [0.5, 0.6) is 5.75 Å². The SMILES string of the molecule is Cc1c(F)cccc1[C@@H]1[C@@H](C(=O)c2cccc(O)c2)CN(C(=O)OC(C)(C)C)C[C@@H]1C(=O)N1CCC[C@H]1C(F)(F)F. The van der Waals surface area contributed by atoms with Gasteiger partial charge in [-0.2, -0.15) is 13.2 Å². The summed E-state index contributed by atoms with van der Waals surface area (Å²) in [5, 5.41) is 10.0. The summed E-state index contributed by atoms with van der Waals surface area (Å²) < 4.78 is 62.1. The second-order valence-electron chi connectivity index (χ2n) is 11.7. The molecule has 0 unspecified atom stereocenters. The fraction of sp³-hybridized carbons (Fsp3) is 0.500. The first-order valence-corrected chi connectivity index (χ1v) is 13.5. The van der Waals surface area contributed by atoms with Crippen LogP contribution in [0.1, 0.15) is 61.0 Å². The molecule has 1 N–H and O–H groups in total. The zero-order valence-electron chi connectivity index (χ0n) is 23.4. The highest BCUT2D eigenvalue weighted by molar-refractivity contribution is 6.00. The highest BCUT2D eigenvalue weighted by Gasteiger charge is 2.53. The molecule has 2 aliphatic rings. The number of amides is 2. The van der Waals surface area contributed by atoms with Crippen LogP contribution in [0, 0.1) is 24.6 Å². The first-order valence-electron chi connectivity index (χ1n) is 13.5. The van der Waals surface area contributed by atoms with Gasteiger partial charge in [-0.25, -0.2) is 9.18 Å². The van der Waals surface area contributed by atoms with Crippen molar-refractivity contribution in [1.82, 2.24) is 9.80 Å². The van der Waals surface area contributed by atoms with Gasteiger partial charge in [0.25, 0.3) is 0 Å². The van der Waals surface area contributed by atoms with Crippen LogP contribution >= 0.6 is 0 Å². The monoisotopic (exact) mass is 578 g/mol. The molecule has 4 rings (SSSR count). The lowest BCUT2D eigenvalue weighted by Gasteiger charge is -2.45. The van der Waals surface area contributed by atoms with Gasteiger partial charge in [0, 0.05) is 37.0 Å². The van der Waals surface area contributed by atoms with Crippen LogP contribution < -0.4 is 0 Å². The number of ether oxygens (including phenoxy) is 1. The summed E-state index contributed by atoms with van der Waals surface area (Å²) in [5.41, 5.74) is -0.384. The Balaban J connectivity index is 1.87. The van der Waals surface area contributed by atoms with E-state index in [0.717, 1.165) is 4.90 Å². The summed E-state index contributed by atoms with van der Waals surface area (Å²) in [6.07, 6.45) is -5.60. The number of piperidine rings is 1. The molecule has 2 amide bonds. The molecule has 2 aromatic rings. The molecule has 2 heterocycles. The minimum Gasteiger partial charge on any atom is -0.508 e. The van der Waals surface area contributed by atoms with Gasteiger partial charge in [-0.15, -0.1) is 0 Å². The van der Waals surface area contributed by atoms with E-state index in [-0.39, 0.29) is 49.4 Å². The Labute approximate surface area is 236 Å². The van der Waals surface area contributed by atoms with E-state index in [1.165, 1.54) is 48.2 Å². The Hall–Kier alpha value is -3.63. The molecule has 0 saturated carbocycles. The highest BCUT2D eigenvalue weighted by atomic mass is 19.4. The lowest BCUT2D eigenvalue weighted by atomic mass is 9.69. The van der Waals surface area contributed by atoms with Gasteiger partial charge in [0.15, 0.2) is 5.78 Å². The fourth-order valence-electron chi connectivity index (χ4n) is 5.89. The van der Waals surface area contributed by atoms with E-state index in [2.05, 4.69) is 0 Å². The number of rotatable bonds is 4. The van der Waals surface area contributed by atoms with Crippen LogP contribution in [0.4, 0.5) is 22.4 Å². The Bertz CT molecular complexity index is 1320. The van der Waals surface area contributed by atoms with Crippen molar-refractivity contribution in [1.29, 1.82) is 0 Å². The lowest BCUT2D eigenvalue weighted by Crippen LogP contribution is -2.57. The van der Waals surface area contributed by atoms with Crippen LogP contribution in [-0.4, -0.2) is 70.1 Å². The predicted octanol–water partition coefficient (Wildman–Crippen LogP) is 5.84. The van der Waals surface area contributed by atoms with Gasteiger partial charge >= 0.3 is 12.3 Å². The third-order valence-electron chi connectivity index (χ3n) is 7.72. The zero-order valence-corrected chi connectivity index (χ0v) is 23.4. The van der Waals surface area contributed by atoms with Crippen LogP contribution in [0.25, 0.3) is 0 Å². The van der Waals surface area contributed by atoms with Crippen molar-refractivity contribution < 1.29 is 41.8 Å². The maximum Gasteiger partial charge on any atom is 0.410 e. The molecule has 2 aromatic carbocycles. The number of phenolic OH excluding ortho intramolecular Hbond substituents is 1. The van der Waals surface area contributed by atoms with Gasteiger partial charge in [-0.1, -0.05) is 24.3 Å². The number of halogens is 4. The molecular weight excluding hydrogens is 544 g/mol. The molecule has 0 aliphatic carbocycles. The molecule has 2 aliphatic heterocycles. The summed E-state index contributed by atoms with van der Waals surface area (Å²) in [7, 11) is 0. The molecule has 2 saturated heterocycles. The molecule has 4 atom stereocenters. The Morgan fingerprint density at radius 1 is 1.00 bits per heavy atom. The number of hydrogen-bond donors (Lipinski definition) is 1. The molecule has 11 heteroatoms. The van der Waals surface area contributed by atoms with Crippen LogP contribution in [-0.2, 0) is 9.53 Å². The number of aromatic hydroxyl groups is 1. The van der Waals surface area contributed by atoms with Gasteiger partial charge in [0.1, 0.15) is 23.2 Å². The number of benzene rings is 2. The molecule has 41 heavy (non-hydrogen) atoms. The molecule has 0 spiro atoms. The number of hydrogen-bond acceptors (Lipinski definition) is 5. The predicted molar refractivity (Wildman–Crippen MR) is 142 cm³/mol. The van der Waals surface area contributed by atoms with Crippen molar-refractivity contribution in [3.63, 3.8) is 0 Å². The van der Waals surface area contributed by atoms with E-state index in [9.17, 15) is 37.1 Å². The summed E-state index contributed by atoms with van der Waals surface area (Å²) in [4.78, 5) is 43.2. The van der Waals surface area contributed by atoms with Crippen molar-refractivity contribution in [2.45, 2.75) is 64.3 Å². The van der Waals surface area contributed by atoms with Gasteiger partial charge in [-0.3, -0.25) is 9.59 Å². The standard InChI is InChI=1S/C30H34F4N2O5/c1-17-20(10-6-11-23(17)31)25-21(26(38)18-8-5-9-19(37)14-18)15-35(28(40)41-29(2,3)4)16-22(25)27(39)36-13-7-12-24(36)30(32,33)34/h5-6,8-11,14,21-22,24-25,37H,7,12-13,15-16H2,1-4H3/t21-,22-,24-,25+/m0/s1. The van der Waals surface area contributed by atoms with Gasteiger partial charge in [0.2, 0.25) is 5.91 Å². The second kappa shape index (κ2) is 11.3. The average molecular weight is 579 g/mol. The third-order valence-corrected chi connectivity index (χ3v) is 7.72. The number of ketones is 1. The normalized spacial score (nSPS) is 23.4. The molecular formula is C30H34F4N2O5. The molecule has 7 nitrogen and oxygen atoms in total. The quantitative estimate of drug-likeness (QED) is 0.364. The van der Waals surface area contributed by atoms with E-state index in [0.29, 0.717) is 5.56 Å². The Morgan fingerprint density at radius 2 is 1.66 bits per heavy atom. The summed E-state index contributed by atoms with van der Waals surface area (Å²) in [6, 6.07) is 7.72. The third kappa shape index (κ3) is 6.49. The number of nitrogens with zero attached hydrogens (tertiary/aromatic N) is 2. The van der Waals surface area contributed by atoms with E-state index >= 15 is 0 Å². The van der Waals surface area contributed by atoms with E-state index < -0.39 is 59.2 Å². The lowest BCUT2D eigenvalue weighted by molar-refractivity contribution is -0.185. The molecule has 0 aromatic heterocycles. The number of phenols is 1. The Morgan fingerprint density at radius 3 is 2.29 bits per heavy atom. The van der Waals surface area contributed by atoms with Crippen molar-refractivity contribution in [3.8, 4) is 5.75 Å². The molecule has 222 valence electrons. The number of carbonyl (C=O) groups excluding carboxylic acids is 3. The van der Waals surface area contributed by atoms with Gasteiger partial charge in [0.05, 0.1) is 5.92 Å². The minimum absolute atomic E-state index is 0.0839. The van der Waals surface area contributed by atoms with Crippen LogP contribution in [0.15, 0.2) is 42.5 Å². The molecule has 0 bridgehead atoms. The first-order chi connectivity index (χ1) is 19.1. The number of Topliss-reactive ketones (excluding diaryl/α,β-unsaturated/α-hetero) is 1. The van der Waals surface area contributed by atoms with Gasteiger partial charge < -0.3 is 19.6 Å². The minimum atomic E-state index is -4.66. The molecule has 0 radical (unpaired) electrons. The first kappa shape index (κ1) is 30.3. The van der Waals surface area contributed by atoms with Crippen molar-refractivity contribution in [2.75, 3.05) is 19.6 Å². The summed E-state index contributed by atoms with van der Waals surface area (Å²) in [5.74, 6) is -5.70. The van der Waals surface area contributed by atoms with Crippen LogP contribution in [0.3, 0.4) is 0 Å². The van der Waals surface area contributed by atoms with Crippen molar-refractivity contribution in [3.05, 3.63) is 65.0 Å². The topological polar surface area (TPSA) is 87.1 Å². The van der Waals surface area contributed by atoms with E-state index in [1.54, 1.807) is 26.8 Å². The van der Waals surface area contributed by atoms with Crippen molar-refractivity contribution >= 4 is 17.8 Å². The largest absolute Gasteiger partial charge is 0.508 e. The van der Waals surface area contributed by atoms with Gasteiger partial charge in [-0.05, 0) is 69.9 Å². The highest BCUT2D eigenvalue weighted by Crippen LogP contribution is 2.44. The average Bonchev–Trinajstić information content (AvgIpc) is 3.39. The summed E-state index contributed by atoms with van der Waals surface area (Å²) in [6.45, 7) is 5.73. The maximum atomic E-state index is 14.8. The van der Waals surface area contributed by atoms with Crippen molar-refractivity contribution in [2.24, 2.45) is 11.8 Å². The van der Waals surface area contributed by atoms with E-state index in [1.807, 2.05) is 0 Å². The maximum absolute atomic E-state index is 14.8. The number of alkyl halides is 3. The fourth-order valence-corrected chi connectivity index (χ4v) is 5.89. The molecule has 2 fully saturated rings. The smallest absolute Gasteiger partial charge is 0.410 e. The number of carbonyl (C=O) groups is 3. The summed E-state index contributed by atoms with van der Waals surface area (Å²) >= 11 is 0. The number of likely N-dealkylation sites (tertiary alicyclic amines) is 2. The van der Waals surface area contributed by atoms with E-state index in [4.69, 9.17) is 4.74 Å². The Kier molecular flexibility index (Phi) is 8.38. The van der Waals surface area contributed by atoms with Crippen LogP contribution in [0.2, 0.25) is 0 Å².